The minimum atomic E-state index is -0.680. The number of esters is 1. The van der Waals surface area contributed by atoms with Crippen molar-refractivity contribution < 1.29 is 14.3 Å². The van der Waals surface area contributed by atoms with Crippen LogP contribution in [0.25, 0.3) is 0 Å². The van der Waals surface area contributed by atoms with Crippen LogP contribution in [-0.2, 0) is 19.7 Å². The molecule has 5 heteroatoms. The number of carbonyl (C=O) groups excluding carboxylic acids is 2. The van der Waals surface area contributed by atoms with Gasteiger partial charge >= 0.3 is 5.97 Å². The first-order valence-electron chi connectivity index (χ1n) is 9.63. The Kier molecular flexibility index (Phi) is 6.09. The summed E-state index contributed by atoms with van der Waals surface area (Å²) >= 11 is 5.99. The highest BCUT2D eigenvalue weighted by molar-refractivity contribution is 6.30. The summed E-state index contributed by atoms with van der Waals surface area (Å²) in [5.74, 6) is -0.660. The Balaban J connectivity index is 1.68. The van der Waals surface area contributed by atoms with Crippen LogP contribution in [-0.4, -0.2) is 18.5 Å². The number of anilines is 1. The molecule has 2 aromatic rings. The lowest BCUT2D eigenvalue weighted by Crippen LogP contribution is -2.36. The van der Waals surface area contributed by atoms with Crippen LogP contribution in [0.1, 0.15) is 47.9 Å². The number of halogens is 1. The summed E-state index contributed by atoms with van der Waals surface area (Å²) in [6.07, 6.45) is 3.38. The van der Waals surface area contributed by atoms with Gasteiger partial charge in [-0.1, -0.05) is 54.3 Å². The van der Waals surface area contributed by atoms with Crippen molar-refractivity contribution in [1.29, 1.82) is 0 Å². The van der Waals surface area contributed by atoms with Gasteiger partial charge in [0.25, 0.3) is 5.91 Å². The Hall–Kier alpha value is -2.33. The molecule has 1 amide bonds. The number of nitrogens with one attached hydrogen (secondary N) is 1. The molecule has 28 heavy (non-hydrogen) atoms. The van der Waals surface area contributed by atoms with Crippen molar-refractivity contribution in [2.45, 2.75) is 51.9 Å². The van der Waals surface area contributed by atoms with Crippen molar-refractivity contribution in [3.63, 3.8) is 0 Å². The van der Waals surface area contributed by atoms with E-state index in [0.717, 1.165) is 53.6 Å². The van der Waals surface area contributed by atoms with E-state index in [4.69, 9.17) is 16.3 Å². The molecular weight excluding hydrogens is 374 g/mol. The standard InChI is InChI=1S/C23H26ClNO3/c1-15-12-16(2)21(17(3)13-15)25-20(26)14-28-22(27)23(10-4-5-11-23)18-6-8-19(24)9-7-18/h6-9,12-13H,4-5,10-11,14H2,1-3H3,(H,25,26). The van der Waals surface area contributed by atoms with Gasteiger partial charge < -0.3 is 10.1 Å². The van der Waals surface area contributed by atoms with Crippen LogP contribution in [0.3, 0.4) is 0 Å². The van der Waals surface area contributed by atoms with E-state index >= 15 is 0 Å². The summed E-state index contributed by atoms with van der Waals surface area (Å²) in [7, 11) is 0. The van der Waals surface area contributed by atoms with Gasteiger partial charge in [0, 0.05) is 10.7 Å². The maximum absolute atomic E-state index is 13.0. The molecule has 2 aromatic carbocycles. The van der Waals surface area contributed by atoms with Gasteiger partial charge in [-0.05, 0) is 62.4 Å². The average molecular weight is 400 g/mol. The Morgan fingerprint density at radius 1 is 1.04 bits per heavy atom. The third-order valence-electron chi connectivity index (χ3n) is 5.52. The predicted molar refractivity (Wildman–Crippen MR) is 112 cm³/mol. The number of benzene rings is 2. The molecule has 1 fully saturated rings. The van der Waals surface area contributed by atoms with E-state index in [2.05, 4.69) is 5.32 Å². The summed E-state index contributed by atoms with van der Waals surface area (Å²) in [4.78, 5) is 25.4. The second-order valence-corrected chi connectivity index (χ2v) is 8.13. The monoisotopic (exact) mass is 399 g/mol. The van der Waals surface area contributed by atoms with Gasteiger partial charge in [0.2, 0.25) is 0 Å². The van der Waals surface area contributed by atoms with Gasteiger partial charge in [0.15, 0.2) is 6.61 Å². The molecule has 4 nitrogen and oxygen atoms in total. The van der Waals surface area contributed by atoms with Crippen LogP contribution in [0.4, 0.5) is 5.69 Å². The highest BCUT2D eigenvalue weighted by Crippen LogP contribution is 2.42. The molecule has 0 bridgehead atoms. The second-order valence-electron chi connectivity index (χ2n) is 7.69. The molecule has 0 aliphatic heterocycles. The van der Waals surface area contributed by atoms with E-state index in [1.807, 2.05) is 45.0 Å². The van der Waals surface area contributed by atoms with E-state index in [0.29, 0.717) is 5.02 Å². The number of aryl methyl sites for hydroxylation is 3. The fourth-order valence-electron chi connectivity index (χ4n) is 4.18. The van der Waals surface area contributed by atoms with Crippen molar-refractivity contribution in [3.05, 3.63) is 63.7 Å². The lowest BCUT2D eigenvalue weighted by atomic mass is 9.79. The smallest absolute Gasteiger partial charge is 0.317 e. The van der Waals surface area contributed by atoms with Gasteiger partial charge in [-0.25, -0.2) is 0 Å². The SMILES string of the molecule is Cc1cc(C)c(NC(=O)COC(=O)C2(c3ccc(Cl)cc3)CCCC2)c(C)c1. The third kappa shape index (κ3) is 4.22. The van der Waals surface area contributed by atoms with Crippen LogP contribution in [0.2, 0.25) is 5.02 Å². The van der Waals surface area contributed by atoms with E-state index in [-0.39, 0.29) is 18.5 Å². The predicted octanol–water partition coefficient (Wildman–Crippen LogP) is 5.26. The van der Waals surface area contributed by atoms with Gasteiger partial charge in [0.05, 0.1) is 5.41 Å². The van der Waals surface area contributed by atoms with Crippen LogP contribution in [0.5, 0.6) is 0 Å². The molecule has 148 valence electrons. The highest BCUT2D eigenvalue weighted by Gasteiger charge is 2.44. The number of amides is 1. The molecule has 0 spiro atoms. The Labute approximate surface area is 171 Å². The van der Waals surface area contributed by atoms with Gasteiger partial charge in [-0.2, -0.15) is 0 Å². The van der Waals surface area contributed by atoms with Gasteiger partial charge in [-0.15, -0.1) is 0 Å². The minimum Gasteiger partial charge on any atom is -0.455 e. The van der Waals surface area contributed by atoms with E-state index < -0.39 is 5.41 Å². The Bertz CT molecular complexity index is 860. The molecule has 0 atom stereocenters. The zero-order valence-electron chi connectivity index (χ0n) is 16.6. The molecule has 1 aliphatic rings. The van der Waals surface area contributed by atoms with Crippen LogP contribution < -0.4 is 5.32 Å². The molecule has 3 rings (SSSR count). The lowest BCUT2D eigenvalue weighted by Gasteiger charge is -2.27. The summed E-state index contributed by atoms with van der Waals surface area (Å²) in [5, 5.41) is 3.51. The molecule has 1 N–H and O–H groups in total. The molecule has 1 aliphatic carbocycles. The number of hydrogen-bond acceptors (Lipinski definition) is 3. The van der Waals surface area contributed by atoms with E-state index in [1.165, 1.54) is 0 Å². The first kappa shape index (κ1) is 20.4. The minimum absolute atomic E-state index is 0.291. The molecule has 0 heterocycles. The van der Waals surface area contributed by atoms with Gasteiger partial charge in [0.1, 0.15) is 0 Å². The fraction of sp³-hybridized carbons (Fsp3) is 0.391. The number of rotatable bonds is 5. The Morgan fingerprint density at radius 2 is 1.61 bits per heavy atom. The molecule has 1 saturated carbocycles. The highest BCUT2D eigenvalue weighted by atomic mass is 35.5. The van der Waals surface area contributed by atoms with Crippen LogP contribution >= 0.6 is 11.6 Å². The van der Waals surface area contributed by atoms with Crippen molar-refractivity contribution in [2.75, 3.05) is 11.9 Å². The van der Waals surface area contributed by atoms with Crippen molar-refractivity contribution in [2.24, 2.45) is 0 Å². The lowest BCUT2D eigenvalue weighted by molar-refractivity contribution is -0.153. The van der Waals surface area contributed by atoms with Gasteiger partial charge in [-0.3, -0.25) is 9.59 Å². The first-order chi connectivity index (χ1) is 13.3. The number of ether oxygens (including phenoxy) is 1. The van der Waals surface area contributed by atoms with Crippen LogP contribution in [0.15, 0.2) is 36.4 Å². The zero-order chi connectivity index (χ0) is 20.3. The summed E-state index contributed by atoms with van der Waals surface area (Å²) < 4.78 is 5.47. The topological polar surface area (TPSA) is 55.4 Å². The first-order valence-corrected chi connectivity index (χ1v) is 10.0. The summed E-state index contributed by atoms with van der Waals surface area (Å²) in [5.41, 5.74) is 4.13. The maximum atomic E-state index is 13.0. The molecule has 0 saturated heterocycles. The second kappa shape index (κ2) is 8.36. The molecule has 0 aromatic heterocycles. The molecule has 0 unspecified atom stereocenters. The summed E-state index contributed by atoms with van der Waals surface area (Å²) in [6.45, 7) is 5.64. The number of hydrogen-bond donors (Lipinski definition) is 1. The van der Waals surface area contributed by atoms with Crippen molar-refractivity contribution in [3.8, 4) is 0 Å². The van der Waals surface area contributed by atoms with Crippen LogP contribution in [0, 0.1) is 20.8 Å². The van der Waals surface area contributed by atoms with E-state index in [1.54, 1.807) is 12.1 Å². The zero-order valence-corrected chi connectivity index (χ0v) is 17.4. The van der Waals surface area contributed by atoms with Crippen molar-refractivity contribution in [1.82, 2.24) is 0 Å². The third-order valence-corrected chi connectivity index (χ3v) is 5.77. The summed E-state index contributed by atoms with van der Waals surface area (Å²) in [6, 6.07) is 11.4. The molecular formula is C23H26ClNO3. The Morgan fingerprint density at radius 3 is 2.18 bits per heavy atom. The quantitative estimate of drug-likeness (QED) is 0.698. The average Bonchev–Trinajstić information content (AvgIpc) is 3.14. The molecule has 0 radical (unpaired) electrons. The largest absolute Gasteiger partial charge is 0.455 e. The van der Waals surface area contributed by atoms with Crippen molar-refractivity contribution >= 4 is 29.2 Å². The normalized spacial score (nSPS) is 15.3. The number of carbonyl (C=O) groups is 2. The fourth-order valence-corrected chi connectivity index (χ4v) is 4.31. The van der Waals surface area contributed by atoms with E-state index in [9.17, 15) is 9.59 Å². The maximum Gasteiger partial charge on any atom is 0.317 e.